The summed E-state index contributed by atoms with van der Waals surface area (Å²) in [5.41, 5.74) is 0. The lowest BCUT2D eigenvalue weighted by Crippen LogP contribution is -2.46. The van der Waals surface area contributed by atoms with Crippen LogP contribution < -0.4 is 14.8 Å². The van der Waals surface area contributed by atoms with Crippen molar-refractivity contribution in [1.29, 1.82) is 0 Å². The molecule has 6 nitrogen and oxygen atoms in total. The Morgan fingerprint density at radius 2 is 1.95 bits per heavy atom. The predicted molar refractivity (Wildman–Crippen MR) is 82.8 cm³/mol. The maximum atomic E-state index is 12.9. The lowest BCUT2D eigenvalue weighted by Gasteiger charge is -2.34. The maximum Gasteiger partial charge on any atom is 0.243 e. The van der Waals surface area contributed by atoms with Crippen LogP contribution in [0.2, 0.25) is 0 Å². The molecule has 0 amide bonds. The van der Waals surface area contributed by atoms with E-state index in [0.717, 1.165) is 19.4 Å². The van der Waals surface area contributed by atoms with Crippen LogP contribution in [0.5, 0.6) is 11.5 Å². The van der Waals surface area contributed by atoms with E-state index in [1.54, 1.807) is 16.4 Å². The molecule has 22 heavy (non-hydrogen) atoms. The van der Waals surface area contributed by atoms with Crippen LogP contribution >= 0.6 is 0 Å². The molecule has 2 atom stereocenters. The topological polar surface area (TPSA) is 67.9 Å². The molecule has 122 valence electrons. The van der Waals surface area contributed by atoms with E-state index in [4.69, 9.17) is 9.47 Å². The summed E-state index contributed by atoms with van der Waals surface area (Å²) in [6, 6.07) is 5.22. The summed E-state index contributed by atoms with van der Waals surface area (Å²) in [5.74, 6) is 1.38. The first-order valence-corrected chi connectivity index (χ1v) is 8.96. The fraction of sp³-hybridized carbons (Fsp3) is 0.600. The van der Waals surface area contributed by atoms with E-state index in [2.05, 4.69) is 5.32 Å². The number of hydrogen-bond donors (Lipinski definition) is 1. The molecule has 1 N–H and O–H groups in total. The SMILES string of the molecule is COc1ccc(S(=O)(=O)N2CCC3NCCC3C2)cc1OC. The first-order chi connectivity index (χ1) is 10.6. The van der Waals surface area contributed by atoms with Crippen LogP contribution in [0.4, 0.5) is 0 Å². The summed E-state index contributed by atoms with van der Waals surface area (Å²) < 4.78 is 37.7. The Morgan fingerprint density at radius 1 is 1.18 bits per heavy atom. The van der Waals surface area contributed by atoms with Crippen LogP contribution in [-0.4, -0.2) is 52.6 Å². The Morgan fingerprint density at radius 3 is 2.68 bits per heavy atom. The van der Waals surface area contributed by atoms with E-state index in [-0.39, 0.29) is 4.90 Å². The summed E-state index contributed by atoms with van der Waals surface area (Å²) in [6.07, 6.45) is 1.92. The van der Waals surface area contributed by atoms with Crippen molar-refractivity contribution in [2.45, 2.75) is 23.8 Å². The van der Waals surface area contributed by atoms with Crippen LogP contribution in [0.3, 0.4) is 0 Å². The van der Waals surface area contributed by atoms with Gasteiger partial charge in [-0.1, -0.05) is 0 Å². The minimum atomic E-state index is -3.49. The molecule has 0 aromatic heterocycles. The second kappa shape index (κ2) is 6.06. The van der Waals surface area contributed by atoms with Gasteiger partial charge >= 0.3 is 0 Å². The predicted octanol–water partition coefficient (Wildman–Crippen LogP) is 1.08. The number of ether oxygens (including phenoxy) is 2. The molecular formula is C15H22N2O4S. The lowest BCUT2D eigenvalue weighted by molar-refractivity contribution is 0.247. The first-order valence-electron chi connectivity index (χ1n) is 7.52. The van der Waals surface area contributed by atoms with E-state index in [1.165, 1.54) is 20.3 Å². The molecule has 1 aromatic carbocycles. The molecular weight excluding hydrogens is 304 g/mol. The molecule has 2 unspecified atom stereocenters. The summed E-state index contributed by atoms with van der Waals surface area (Å²) in [5, 5.41) is 3.45. The van der Waals surface area contributed by atoms with Gasteiger partial charge in [0, 0.05) is 25.2 Å². The van der Waals surface area contributed by atoms with E-state index in [9.17, 15) is 8.42 Å². The van der Waals surface area contributed by atoms with Crippen LogP contribution in [0.1, 0.15) is 12.8 Å². The fourth-order valence-corrected chi connectivity index (χ4v) is 4.89. The molecule has 0 aliphatic carbocycles. The second-order valence-electron chi connectivity index (χ2n) is 5.78. The van der Waals surface area contributed by atoms with Gasteiger partial charge < -0.3 is 14.8 Å². The molecule has 2 heterocycles. The fourth-order valence-electron chi connectivity index (χ4n) is 3.36. The zero-order chi connectivity index (χ0) is 15.7. The molecule has 2 aliphatic rings. The largest absolute Gasteiger partial charge is 0.493 e. The minimum absolute atomic E-state index is 0.259. The Balaban J connectivity index is 1.86. The standard InChI is InChI=1S/C15H22N2O4S/c1-20-14-4-3-12(9-15(14)21-2)22(18,19)17-8-6-13-11(10-17)5-7-16-13/h3-4,9,11,13,16H,5-8,10H2,1-2H3. The minimum Gasteiger partial charge on any atom is -0.493 e. The average molecular weight is 326 g/mol. The Bertz CT molecular complexity index is 647. The monoisotopic (exact) mass is 326 g/mol. The number of piperidine rings is 1. The van der Waals surface area contributed by atoms with Crippen molar-refractivity contribution in [3.8, 4) is 11.5 Å². The Kier molecular flexibility index (Phi) is 4.29. The molecule has 0 bridgehead atoms. The highest BCUT2D eigenvalue weighted by Gasteiger charge is 2.37. The average Bonchev–Trinajstić information content (AvgIpc) is 3.01. The van der Waals surface area contributed by atoms with Crippen molar-refractivity contribution in [1.82, 2.24) is 9.62 Å². The summed E-state index contributed by atoms with van der Waals surface area (Å²) >= 11 is 0. The van der Waals surface area contributed by atoms with Gasteiger partial charge in [0.2, 0.25) is 10.0 Å². The van der Waals surface area contributed by atoms with Crippen LogP contribution in [-0.2, 0) is 10.0 Å². The van der Waals surface area contributed by atoms with Gasteiger partial charge in [0.1, 0.15) is 0 Å². The number of fused-ring (bicyclic) bond motifs is 1. The van der Waals surface area contributed by atoms with Crippen LogP contribution in [0.25, 0.3) is 0 Å². The maximum absolute atomic E-state index is 12.9. The van der Waals surface area contributed by atoms with Gasteiger partial charge in [-0.3, -0.25) is 0 Å². The third kappa shape index (κ3) is 2.68. The van der Waals surface area contributed by atoms with Gasteiger partial charge in [-0.2, -0.15) is 4.31 Å². The molecule has 2 fully saturated rings. The first kappa shape index (κ1) is 15.6. The van der Waals surface area contributed by atoms with Gasteiger partial charge in [0.25, 0.3) is 0 Å². The van der Waals surface area contributed by atoms with Crippen LogP contribution in [0.15, 0.2) is 23.1 Å². The highest BCUT2D eigenvalue weighted by molar-refractivity contribution is 7.89. The Hall–Kier alpha value is -1.31. The van der Waals surface area contributed by atoms with Crippen molar-refractivity contribution in [2.24, 2.45) is 5.92 Å². The summed E-state index contributed by atoms with van der Waals surface area (Å²) in [6.45, 7) is 2.14. The molecule has 2 aliphatic heterocycles. The molecule has 0 spiro atoms. The van der Waals surface area contributed by atoms with E-state index < -0.39 is 10.0 Å². The van der Waals surface area contributed by atoms with Gasteiger partial charge in [0.15, 0.2) is 11.5 Å². The highest BCUT2D eigenvalue weighted by atomic mass is 32.2. The van der Waals surface area contributed by atoms with Gasteiger partial charge in [0.05, 0.1) is 19.1 Å². The zero-order valence-electron chi connectivity index (χ0n) is 12.9. The summed E-state index contributed by atoms with van der Waals surface area (Å²) in [4.78, 5) is 0.259. The van der Waals surface area contributed by atoms with Crippen molar-refractivity contribution >= 4 is 10.0 Å². The number of rotatable bonds is 4. The van der Waals surface area contributed by atoms with Crippen molar-refractivity contribution in [2.75, 3.05) is 33.9 Å². The smallest absolute Gasteiger partial charge is 0.243 e. The number of hydrogen-bond acceptors (Lipinski definition) is 5. The summed E-state index contributed by atoms with van der Waals surface area (Å²) in [7, 11) is -0.453. The second-order valence-corrected chi connectivity index (χ2v) is 7.72. The molecule has 0 saturated carbocycles. The zero-order valence-corrected chi connectivity index (χ0v) is 13.7. The molecule has 7 heteroatoms. The highest BCUT2D eigenvalue weighted by Crippen LogP contribution is 2.33. The molecule has 2 saturated heterocycles. The molecule has 1 aromatic rings. The number of nitrogens with one attached hydrogen (secondary N) is 1. The Labute approximate surface area is 131 Å². The quantitative estimate of drug-likeness (QED) is 0.897. The number of methoxy groups -OCH3 is 2. The number of sulfonamides is 1. The van der Waals surface area contributed by atoms with Crippen molar-refractivity contribution in [3.63, 3.8) is 0 Å². The van der Waals surface area contributed by atoms with Crippen molar-refractivity contribution in [3.05, 3.63) is 18.2 Å². The molecule has 3 rings (SSSR count). The van der Waals surface area contributed by atoms with Crippen molar-refractivity contribution < 1.29 is 17.9 Å². The van der Waals surface area contributed by atoms with Gasteiger partial charge in [-0.15, -0.1) is 0 Å². The van der Waals surface area contributed by atoms with Crippen LogP contribution in [0, 0.1) is 5.92 Å². The van der Waals surface area contributed by atoms with E-state index >= 15 is 0 Å². The van der Waals surface area contributed by atoms with Gasteiger partial charge in [-0.05, 0) is 37.4 Å². The van der Waals surface area contributed by atoms with E-state index in [1.807, 2.05) is 0 Å². The van der Waals surface area contributed by atoms with E-state index in [0.29, 0.717) is 36.5 Å². The normalized spacial score (nSPS) is 25.7. The number of benzene rings is 1. The lowest BCUT2D eigenvalue weighted by atomic mass is 9.95. The third-order valence-electron chi connectivity index (χ3n) is 4.61. The number of nitrogens with zero attached hydrogens (tertiary/aromatic N) is 1. The van der Waals surface area contributed by atoms with Gasteiger partial charge in [-0.25, -0.2) is 8.42 Å². The molecule has 0 radical (unpaired) electrons. The third-order valence-corrected chi connectivity index (χ3v) is 6.47.